The van der Waals surface area contributed by atoms with Gasteiger partial charge in [0.1, 0.15) is 5.01 Å². The number of carbonyl (C=O) groups excluding carboxylic acids is 1. The molecule has 0 radical (unpaired) electrons. The maximum Gasteiger partial charge on any atom is 0.434 e. The molecule has 9 heteroatoms. The van der Waals surface area contributed by atoms with Crippen LogP contribution in [0.3, 0.4) is 0 Å². The summed E-state index contributed by atoms with van der Waals surface area (Å²) in [4.78, 5) is 14.6. The SMILES string of the molecule is CCC(NC(=O)CN)c1nc(C(F)(F)F)cs1.Cl. The number of hydrogen-bond donors (Lipinski definition) is 2. The number of alkyl halides is 3. The Hall–Kier alpha value is -0.860. The Morgan fingerprint density at radius 3 is 2.61 bits per heavy atom. The highest BCUT2D eigenvalue weighted by Gasteiger charge is 2.34. The molecule has 1 atom stereocenters. The van der Waals surface area contributed by atoms with E-state index in [4.69, 9.17) is 5.73 Å². The predicted molar refractivity (Wildman–Crippen MR) is 64.6 cm³/mol. The Morgan fingerprint density at radius 2 is 2.22 bits per heavy atom. The molecule has 0 saturated heterocycles. The molecule has 0 saturated carbocycles. The van der Waals surface area contributed by atoms with Gasteiger partial charge in [-0.25, -0.2) is 4.98 Å². The van der Waals surface area contributed by atoms with E-state index in [2.05, 4.69) is 10.3 Å². The topological polar surface area (TPSA) is 68.0 Å². The summed E-state index contributed by atoms with van der Waals surface area (Å²) in [5, 5.41) is 3.69. The molecule has 0 bridgehead atoms. The fraction of sp³-hybridized carbons (Fsp3) is 0.556. The number of aromatic nitrogens is 1. The lowest BCUT2D eigenvalue weighted by Gasteiger charge is -2.13. The van der Waals surface area contributed by atoms with Crippen molar-refractivity contribution in [1.82, 2.24) is 10.3 Å². The Bertz CT molecular complexity index is 397. The molecule has 1 aromatic heterocycles. The Balaban J connectivity index is 0.00000289. The lowest BCUT2D eigenvalue weighted by Crippen LogP contribution is -2.33. The summed E-state index contributed by atoms with van der Waals surface area (Å²) in [6.07, 6.45) is -4.00. The molecule has 1 rings (SSSR count). The summed E-state index contributed by atoms with van der Waals surface area (Å²) < 4.78 is 37.0. The zero-order chi connectivity index (χ0) is 13.1. The molecule has 18 heavy (non-hydrogen) atoms. The number of nitrogens with one attached hydrogen (secondary N) is 1. The first-order valence-electron chi connectivity index (χ1n) is 4.90. The smallest absolute Gasteiger partial charge is 0.346 e. The van der Waals surface area contributed by atoms with Crippen LogP contribution in [0, 0.1) is 0 Å². The third-order valence-electron chi connectivity index (χ3n) is 2.04. The normalized spacial score (nSPS) is 12.7. The van der Waals surface area contributed by atoms with E-state index in [9.17, 15) is 18.0 Å². The maximum atomic E-state index is 12.3. The second-order valence-corrected chi connectivity index (χ2v) is 4.19. The summed E-state index contributed by atoms with van der Waals surface area (Å²) in [6, 6.07) is -0.521. The highest BCUT2D eigenvalue weighted by molar-refractivity contribution is 7.09. The van der Waals surface area contributed by atoms with Crippen LogP contribution < -0.4 is 11.1 Å². The minimum atomic E-state index is -4.45. The van der Waals surface area contributed by atoms with E-state index in [1.807, 2.05) is 0 Å². The molecular weight excluding hydrogens is 291 g/mol. The van der Waals surface area contributed by atoms with Crippen molar-refractivity contribution in [3.63, 3.8) is 0 Å². The van der Waals surface area contributed by atoms with Gasteiger partial charge in [-0.2, -0.15) is 13.2 Å². The number of amides is 1. The summed E-state index contributed by atoms with van der Waals surface area (Å²) in [5.41, 5.74) is 4.19. The molecule has 4 nitrogen and oxygen atoms in total. The fourth-order valence-corrected chi connectivity index (χ4v) is 2.13. The van der Waals surface area contributed by atoms with Crippen LogP contribution >= 0.6 is 23.7 Å². The van der Waals surface area contributed by atoms with Crippen molar-refractivity contribution in [2.45, 2.75) is 25.6 Å². The third-order valence-corrected chi connectivity index (χ3v) is 3.00. The van der Waals surface area contributed by atoms with Crippen LogP contribution in [0.2, 0.25) is 0 Å². The van der Waals surface area contributed by atoms with Gasteiger partial charge in [0.05, 0.1) is 12.6 Å². The van der Waals surface area contributed by atoms with E-state index in [-0.39, 0.29) is 24.0 Å². The first-order valence-corrected chi connectivity index (χ1v) is 5.78. The summed E-state index contributed by atoms with van der Waals surface area (Å²) in [7, 11) is 0. The van der Waals surface area contributed by atoms with Crippen molar-refractivity contribution in [2.24, 2.45) is 5.73 Å². The second kappa shape index (κ2) is 6.91. The summed E-state index contributed by atoms with van der Waals surface area (Å²) in [6.45, 7) is 1.55. The van der Waals surface area contributed by atoms with E-state index in [0.717, 1.165) is 16.7 Å². The first kappa shape index (κ1) is 17.1. The number of nitrogens with zero attached hydrogens (tertiary/aromatic N) is 1. The molecule has 0 aromatic carbocycles. The summed E-state index contributed by atoms with van der Waals surface area (Å²) >= 11 is 0.875. The van der Waals surface area contributed by atoms with Crippen molar-refractivity contribution in [2.75, 3.05) is 6.54 Å². The van der Waals surface area contributed by atoms with E-state index in [0.29, 0.717) is 6.42 Å². The van der Waals surface area contributed by atoms with Gasteiger partial charge in [0, 0.05) is 5.38 Å². The van der Waals surface area contributed by atoms with Crippen molar-refractivity contribution >= 4 is 29.7 Å². The lowest BCUT2D eigenvalue weighted by molar-refractivity contribution is -0.140. The van der Waals surface area contributed by atoms with Crippen LogP contribution in [0.5, 0.6) is 0 Å². The zero-order valence-corrected chi connectivity index (χ0v) is 11.1. The van der Waals surface area contributed by atoms with Gasteiger partial charge in [0.15, 0.2) is 5.69 Å². The summed E-state index contributed by atoms with van der Waals surface area (Å²) in [5.74, 6) is -0.416. The average Bonchev–Trinajstić information content (AvgIpc) is 2.74. The van der Waals surface area contributed by atoms with Crippen LogP contribution in [0.25, 0.3) is 0 Å². The fourth-order valence-electron chi connectivity index (χ4n) is 1.17. The standard InChI is InChI=1S/C9H12F3N3OS.ClH/c1-2-5(14-7(16)3-13)8-15-6(4-17-8)9(10,11)12;/h4-5H,2-3,13H2,1H3,(H,14,16);1H. The number of carbonyl (C=O) groups is 1. The van der Waals surface area contributed by atoms with Gasteiger partial charge >= 0.3 is 6.18 Å². The molecule has 0 fully saturated rings. The molecular formula is C9H13ClF3N3OS. The monoisotopic (exact) mass is 303 g/mol. The molecule has 1 amide bonds. The first-order chi connectivity index (χ1) is 7.88. The molecule has 3 N–H and O–H groups in total. The number of hydrogen-bond acceptors (Lipinski definition) is 4. The highest BCUT2D eigenvalue weighted by atomic mass is 35.5. The molecule has 1 aromatic rings. The average molecular weight is 304 g/mol. The quantitative estimate of drug-likeness (QED) is 0.895. The second-order valence-electron chi connectivity index (χ2n) is 3.30. The molecule has 1 unspecified atom stereocenters. The van der Waals surface area contributed by atoms with Crippen LogP contribution in [0.1, 0.15) is 30.1 Å². The molecule has 1 heterocycles. The van der Waals surface area contributed by atoms with E-state index >= 15 is 0 Å². The van der Waals surface area contributed by atoms with E-state index in [1.54, 1.807) is 6.92 Å². The van der Waals surface area contributed by atoms with Crippen LogP contribution in [-0.2, 0) is 11.0 Å². The predicted octanol–water partition coefficient (Wildman–Crippen LogP) is 2.11. The molecule has 0 aliphatic heterocycles. The van der Waals surface area contributed by atoms with Gasteiger partial charge in [-0.1, -0.05) is 6.92 Å². The largest absolute Gasteiger partial charge is 0.434 e. The molecule has 0 aliphatic carbocycles. The van der Waals surface area contributed by atoms with Gasteiger partial charge in [-0.15, -0.1) is 23.7 Å². The van der Waals surface area contributed by atoms with Crippen LogP contribution in [0.15, 0.2) is 5.38 Å². The van der Waals surface area contributed by atoms with Crippen molar-refractivity contribution < 1.29 is 18.0 Å². The highest BCUT2D eigenvalue weighted by Crippen LogP contribution is 2.32. The third kappa shape index (κ3) is 4.43. The van der Waals surface area contributed by atoms with Gasteiger partial charge < -0.3 is 11.1 Å². The Labute approximate surface area is 112 Å². The van der Waals surface area contributed by atoms with Gasteiger partial charge in [-0.3, -0.25) is 4.79 Å². The number of halogens is 4. The number of thiazole rings is 1. The van der Waals surface area contributed by atoms with E-state index in [1.165, 1.54) is 0 Å². The zero-order valence-electron chi connectivity index (χ0n) is 9.45. The number of nitrogens with two attached hydrogens (primary N) is 1. The minimum absolute atomic E-state index is 0. The Kier molecular flexibility index (Phi) is 6.58. The van der Waals surface area contributed by atoms with Crippen molar-refractivity contribution in [3.05, 3.63) is 16.1 Å². The lowest BCUT2D eigenvalue weighted by atomic mass is 10.2. The number of rotatable bonds is 4. The molecule has 0 aliphatic rings. The van der Waals surface area contributed by atoms with Crippen LogP contribution in [-0.4, -0.2) is 17.4 Å². The maximum absolute atomic E-state index is 12.3. The van der Waals surface area contributed by atoms with Crippen molar-refractivity contribution in [1.29, 1.82) is 0 Å². The molecule has 0 spiro atoms. The van der Waals surface area contributed by atoms with Gasteiger partial charge in [0.25, 0.3) is 0 Å². The van der Waals surface area contributed by atoms with Crippen LogP contribution in [0.4, 0.5) is 13.2 Å². The molecule has 104 valence electrons. The van der Waals surface area contributed by atoms with Gasteiger partial charge in [-0.05, 0) is 6.42 Å². The van der Waals surface area contributed by atoms with Gasteiger partial charge in [0.2, 0.25) is 5.91 Å². The Morgan fingerprint density at radius 1 is 1.61 bits per heavy atom. The minimum Gasteiger partial charge on any atom is -0.346 e. The van der Waals surface area contributed by atoms with Crippen molar-refractivity contribution in [3.8, 4) is 0 Å². The van der Waals surface area contributed by atoms with E-state index < -0.39 is 23.8 Å².